The smallest absolute Gasteiger partial charge is 0.261 e. The molecule has 3 aromatic rings. The standard InChI is InChI=1S/C18H14F2N2O2/c1-9-3-10(2)5-12(4-9)22-18(24)13-8-21-15-7-11(19)6-14(20)16(15)17(13)23/h3-8H,1-2H3,(H,21,23)(H,22,24). The van der Waals surface area contributed by atoms with Crippen LogP contribution in [0, 0.1) is 25.5 Å². The van der Waals surface area contributed by atoms with Crippen LogP contribution in [0.3, 0.4) is 0 Å². The highest BCUT2D eigenvalue weighted by atomic mass is 19.1. The Bertz CT molecular complexity index is 1010. The first kappa shape index (κ1) is 15.9. The van der Waals surface area contributed by atoms with Gasteiger partial charge in [0, 0.05) is 18.0 Å². The lowest BCUT2D eigenvalue weighted by Crippen LogP contribution is -2.22. The van der Waals surface area contributed by atoms with Crippen LogP contribution in [0.1, 0.15) is 21.5 Å². The Balaban J connectivity index is 2.04. The predicted molar refractivity (Wildman–Crippen MR) is 88.4 cm³/mol. The number of aromatic amines is 1. The van der Waals surface area contributed by atoms with Crippen LogP contribution < -0.4 is 10.7 Å². The zero-order valence-electron chi connectivity index (χ0n) is 13.0. The van der Waals surface area contributed by atoms with Crippen LogP contribution in [0.5, 0.6) is 0 Å². The number of fused-ring (bicyclic) bond motifs is 1. The number of aromatic nitrogens is 1. The Morgan fingerprint density at radius 2 is 1.71 bits per heavy atom. The molecule has 1 heterocycles. The third-order valence-electron chi connectivity index (χ3n) is 3.62. The van der Waals surface area contributed by atoms with E-state index in [2.05, 4.69) is 10.3 Å². The number of carbonyl (C=O) groups excluding carboxylic acids is 1. The first-order chi connectivity index (χ1) is 11.3. The van der Waals surface area contributed by atoms with E-state index >= 15 is 0 Å². The molecule has 0 saturated heterocycles. The minimum absolute atomic E-state index is 0.000417. The number of hydrogen-bond donors (Lipinski definition) is 2. The molecule has 122 valence electrons. The van der Waals surface area contributed by atoms with Crippen LogP contribution in [-0.2, 0) is 0 Å². The van der Waals surface area contributed by atoms with Crippen LogP contribution >= 0.6 is 0 Å². The van der Waals surface area contributed by atoms with E-state index < -0.39 is 23.0 Å². The Labute approximate surface area is 136 Å². The molecule has 0 aliphatic rings. The fourth-order valence-corrected chi connectivity index (χ4v) is 2.68. The van der Waals surface area contributed by atoms with Crippen LogP contribution in [0.2, 0.25) is 0 Å². The maximum atomic E-state index is 13.9. The lowest BCUT2D eigenvalue weighted by Gasteiger charge is -2.08. The SMILES string of the molecule is Cc1cc(C)cc(NC(=O)c2c[nH]c3cc(F)cc(F)c3c2=O)c1. The number of carbonyl (C=O) groups is 1. The summed E-state index contributed by atoms with van der Waals surface area (Å²) in [5.41, 5.74) is 1.42. The van der Waals surface area contributed by atoms with Gasteiger partial charge in [0.05, 0.1) is 10.9 Å². The van der Waals surface area contributed by atoms with Crippen molar-refractivity contribution in [1.82, 2.24) is 4.98 Å². The Morgan fingerprint density at radius 3 is 2.38 bits per heavy atom. The van der Waals surface area contributed by atoms with Crippen LogP contribution in [0.15, 0.2) is 41.3 Å². The fraction of sp³-hybridized carbons (Fsp3) is 0.111. The van der Waals surface area contributed by atoms with E-state index in [4.69, 9.17) is 0 Å². The number of benzene rings is 2. The largest absolute Gasteiger partial charge is 0.360 e. The molecule has 0 bridgehead atoms. The van der Waals surface area contributed by atoms with Gasteiger partial charge in [0.15, 0.2) is 0 Å². The van der Waals surface area contributed by atoms with Crippen molar-refractivity contribution < 1.29 is 13.6 Å². The van der Waals surface area contributed by atoms with Crippen LogP contribution in [0.25, 0.3) is 10.9 Å². The van der Waals surface area contributed by atoms with Gasteiger partial charge < -0.3 is 10.3 Å². The second-order valence-electron chi connectivity index (χ2n) is 5.67. The first-order valence-corrected chi connectivity index (χ1v) is 7.25. The number of rotatable bonds is 2. The van der Waals surface area contributed by atoms with Gasteiger partial charge in [-0.15, -0.1) is 0 Å². The van der Waals surface area contributed by atoms with Gasteiger partial charge in [-0.25, -0.2) is 8.78 Å². The second-order valence-corrected chi connectivity index (χ2v) is 5.67. The topological polar surface area (TPSA) is 62.0 Å². The van der Waals surface area contributed by atoms with Gasteiger partial charge in [-0.2, -0.15) is 0 Å². The highest BCUT2D eigenvalue weighted by Gasteiger charge is 2.16. The molecule has 0 spiro atoms. The Kier molecular flexibility index (Phi) is 3.89. The summed E-state index contributed by atoms with van der Waals surface area (Å²) >= 11 is 0. The highest BCUT2D eigenvalue weighted by molar-refractivity contribution is 6.05. The Hall–Kier alpha value is -3.02. The van der Waals surface area contributed by atoms with E-state index in [0.717, 1.165) is 23.4 Å². The second kappa shape index (κ2) is 5.88. The lowest BCUT2D eigenvalue weighted by molar-refractivity contribution is 0.102. The number of hydrogen-bond acceptors (Lipinski definition) is 2. The molecular weight excluding hydrogens is 314 g/mol. The summed E-state index contributed by atoms with van der Waals surface area (Å²) in [6.45, 7) is 3.77. The van der Waals surface area contributed by atoms with Crippen LogP contribution in [0.4, 0.5) is 14.5 Å². The molecule has 0 fully saturated rings. The summed E-state index contributed by atoms with van der Waals surface area (Å²) in [6, 6.07) is 7.09. The van der Waals surface area contributed by atoms with Crippen molar-refractivity contribution in [2.45, 2.75) is 13.8 Å². The Morgan fingerprint density at radius 1 is 1.04 bits per heavy atom. The molecule has 2 N–H and O–H groups in total. The van der Waals surface area contributed by atoms with E-state index in [1.54, 1.807) is 12.1 Å². The van der Waals surface area contributed by atoms with Gasteiger partial charge in [0.2, 0.25) is 5.43 Å². The molecule has 4 nitrogen and oxygen atoms in total. The average molecular weight is 328 g/mol. The number of pyridine rings is 1. The molecule has 0 atom stereocenters. The van der Waals surface area contributed by atoms with E-state index in [1.807, 2.05) is 19.9 Å². The molecule has 24 heavy (non-hydrogen) atoms. The first-order valence-electron chi connectivity index (χ1n) is 7.25. The summed E-state index contributed by atoms with van der Waals surface area (Å²) in [5, 5.41) is 2.28. The van der Waals surface area contributed by atoms with Crippen molar-refractivity contribution in [3.05, 3.63) is 75.1 Å². The lowest BCUT2D eigenvalue weighted by atomic mass is 10.1. The molecule has 0 radical (unpaired) electrons. The fourth-order valence-electron chi connectivity index (χ4n) is 2.68. The maximum Gasteiger partial charge on any atom is 0.261 e. The number of anilines is 1. The summed E-state index contributed by atoms with van der Waals surface area (Å²) in [7, 11) is 0. The monoisotopic (exact) mass is 328 g/mol. The number of halogens is 2. The summed E-state index contributed by atoms with van der Waals surface area (Å²) in [5.74, 6) is -2.47. The zero-order valence-corrected chi connectivity index (χ0v) is 13.0. The van der Waals surface area contributed by atoms with Gasteiger partial charge in [-0.05, 0) is 43.2 Å². The number of amides is 1. The number of aryl methyl sites for hydroxylation is 2. The van der Waals surface area contributed by atoms with Crippen molar-refractivity contribution in [2.75, 3.05) is 5.32 Å². The van der Waals surface area contributed by atoms with Gasteiger partial charge in [0.1, 0.15) is 17.2 Å². The third kappa shape index (κ3) is 2.90. The van der Waals surface area contributed by atoms with Crippen molar-refractivity contribution in [1.29, 1.82) is 0 Å². The van der Waals surface area contributed by atoms with Crippen molar-refractivity contribution >= 4 is 22.5 Å². The van der Waals surface area contributed by atoms with Crippen LogP contribution in [-0.4, -0.2) is 10.9 Å². The van der Waals surface area contributed by atoms with E-state index in [0.29, 0.717) is 11.8 Å². The minimum atomic E-state index is -1.01. The maximum absolute atomic E-state index is 13.9. The van der Waals surface area contributed by atoms with Gasteiger partial charge in [-0.1, -0.05) is 6.07 Å². The molecule has 1 aromatic heterocycles. The van der Waals surface area contributed by atoms with E-state index in [1.165, 1.54) is 0 Å². The van der Waals surface area contributed by atoms with E-state index in [9.17, 15) is 18.4 Å². The number of H-pyrrole nitrogens is 1. The molecule has 6 heteroatoms. The van der Waals surface area contributed by atoms with E-state index in [-0.39, 0.29) is 16.5 Å². The van der Waals surface area contributed by atoms with Gasteiger partial charge >= 0.3 is 0 Å². The summed E-state index contributed by atoms with van der Waals surface area (Å²) in [4.78, 5) is 27.3. The van der Waals surface area contributed by atoms with Crippen molar-refractivity contribution in [3.8, 4) is 0 Å². The number of nitrogens with one attached hydrogen (secondary N) is 2. The zero-order chi connectivity index (χ0) is 17.4. The van der Waals surface area contributed by atoms with Crippen molar-refractivity contribution in [2.24, 2.45) is 0 Å². The van der Waals surface area contributed by atoms with Gasteiger partial charge in [-0.3, -0.25) is 9.59 Å². The molecule has 0 aliphatic heterocycles. The highest BCUT2D eigenvalue weighted by Crippen LogP contribution is 2.17. The van der Waals surface area contributed by atoms with Crippen molar-refractivity contribution in [3.63, 3.8) is 0 Å². The third-order valence-corrected chi connectivity index (χ3v) is 3.62. The quantitative estimate of drug-likeness (QED) is 0.754. The molecule has 0 unspecified atom stereocenters. The molecule has 1 amide bonds. The normalized spacial score (nSPS) is 10.8. The summed E-state index contributed by atoms with van der Waals surface area (Å²) < 4.78 is 27.1. The molecule has 0 saturated carbocycles. The van der Waals surface area contributed by atoms with Gasteiger partial charge in [0.25, 0.3) is 5.91 Å². The molecule has 0 aliphatic carbocycles. The average Bonchev–Trinajstić information content (AvgIpc) is 2.45. The molecular formula is C18H14F2N2O2. The molecule has 2 aromatic carbocycles. The molecule has 3 rings (SSSR count). The predicted octanol–water partition coefficient (Wildman–Crippen LogP) is 3.68. The summed E-state index contributed by atoms with van der Waals surface area (Å²) in [6.07, 6.45) is 1.15. The minimum Gasteiger partial charge on any atom is -0.360 e.